The van der Waals surface area contributed by atoms with Gasteiger partial charge >= 0.3 is 12.0 Å². The molecule has 21 heavy (non-hydrogen) atoms. The Hall–Kier alpha value is -1.34. The smallest absolute Gasteiger partial charge is 0.329 e. The summed E-state index contributed by atoms with van der Waals surface area (Å²) < 4.78 is 10.8. The van der Waals surface area contributed by atoms with Crippen LogP contribution in [-0.2, 0) is 14.3 Å². The van der Waals surface area contributed by atoms with Gasteiger partial charge in [-0.2, -0.15) is 0 Å². The van der Waals surface area contributed by atoms with Gasteiger partial charge in [0.1, 0.15) is 6.61 Å². The van der Waals surface area contributed by atoms with Gasteiger partial charge < -0.3 is 24.4 Å². The largest absolute Gasteiger partial charge is 0.480 e. The number of carboxylic acids is 1. The van der Waals surface area contributed by atoms with Crippen molar-refractivity contribution in [1.82, 2.24) is 9.80 Å². The Kier molecular flexibility index (Phi) is 5.41. The molecule has 1 N–H and O–H groups in total. The number of ether oxygens (including phenoxy) is 2. The van der Waals surface area contributed by atoms with E-state index in [9.17, 15) is 9.59 Å². The summed E-state index contributed by atoms with van der Waals surface area (Å²) >= 11 is 0. The molecule has 0 aromatic rings. The van der Waals surface area contributed by atoms with Crippen LogP contribution in [0.3, 0.4) is 0 Å². The number of piperidine rings is 1. The Morgan fingerprint density at radius 1 is 1.29 bits per heavy atom. The Morgan fingerprint density at radius 3 is 2.57 bits per heavy atom. The lowest BCUT2D eigenvalue weighted by molar-refractivity contribution is -0.145. The number of aliphatic carboxylic acids is 1. The van der Waals surface area contributed by atoms with Crippen molar-refractivity contribution in [2.75, 3.05) is 32.8 Å². The van der Waals surface area contributed by atoms with E-state index in [1.165, 1.54) is 0 Å². The lowest BCUT2D eigenvalue weighted by Gasteiger charge is -2.41. The SMILES string of the molecule is CC1CN(C(=O)N2CCC(OCC(=O)O)CC2)C(C)CO1. The highest BCUT2D eigenvalue weighted by atomic mass is 16.5. The second-order valence-corrected chi connectivity index (χ2v) is 5.82. The number of hydrogen-bond donors (Lipinski definition) is 1. The molecule has 120 valence electrons. The first kappa shape index (κ1) is 16.0. The minimum absolute atomic E-state index is 0.0503. The summed E-state index contributed by atoms with van der Waals surface area (Å²) in [5.41, 5.74) is 0. The Labute approximate surface area is 124 Å². The third kappa shape index (κ3) is 4.31. The van der Waals surface area contributed by atoms with Crippen molar-refractivity contribution in [2.45, 2.75) is 44.9 Å². The van der Waals surface area contributed by atoms with Gasteiger partial charge in [-0.05, 0) is 26.7 Å². The highest BCUT2D eigenvalue weighted by molar-refractivity contribution is 5.75. The van der Waals surface area contributed by atoms with Gasteiger partial charge in [0, 0.05) is 19.6 Å². The maximum Gasteiger partial charge on any atom is 0.329 e. The highest BCUT2D eigenvalue weighted by Crippen LogP contribution is 2.19. The molecule has 0 radical (unpaired) electrons. The number of carbonyl (C=O) groups excluding carboxylic acids is 1. The lowest BCUT2D eigenvalue weighted by atomic mass is 10.1. The summed E-state index contributed by atoms with van der Waals surface area (Å²) in [7, 11) is 0. The molecule has 7 heteroatoms. The second kappa shape index (κ2) is 7.09. The van der Waals surface area contributed by atoms with Crippen LogP contribution in [0.1, 0.15) is 26.7 Å². The Balaban J connectivity index is 1.81. The molecule has 2 atom stereocenters. The number of hydrogen-bond acceptors (Lipinski definition) is 4. The van der Waals surface area contributed by atoms with Crippen molar-refractivity contribution < 1.29 is 24.2 Å². The molecule has 2 unspecified atom stereocenters. The normalized spacial score (nSPS) is 27.7. The highest BCUT2D eigenvalue weighted by Gasteiger charge is 2.32. The predicted molar refractivity (Wildman–Crippen MR) is 75.2 cm³/mol. The van der Waals surface area contributed by atoms with Crippen LogP contribution in [0, 0.1) is 0 Å². The molecule has 0 aromatic heterocycles. The van der Waals surface area contributed by atoms with Gasteiger partial charge in [-0.25, -0.2) is 9.59 Å². The van der Waals surface area contributed by atoms with Gasteiger partial charge in [-0.15, -0.1) is 0 Å². The predicted octanol–water partition coefficient (Wildman–Crippen LogP) is 0.781. The van der Waals surface area contributed by atoms with Gasteiger partial charge in [-0.1, -0.05) is 0 Å². The number of urea groups is 1. The maximum absolute atomic E-state index is 12.5. The van der Waals surface area contributed by atoms with Crippen LogP contribution in [0.4, 0.5) is 4.79 Å². The molecule has 2 heterocycles. The minimum atomic E-state index is -0.954. The average molecular weight is 300 g/mol. The van der Waals surface area contributed by atoms with Crippen LogP contribution < -0.4 is 0 Å². The zero-order valence-electron chi connectivity index (χ0n) is 12.7. The minimum Gasteiger partial charge on any atom is -0.480 e. The summed E-state index contributed by atoms with van der Waals surface area (Å²) in [5.74, 6) is -0.954. The van der Waals surface area contributed by atoms with Gasteiger partial charge in [0.15, 0.2) is 0 Å². The molecule has 2 rings (SSSR count). The number of likely N-dealkylation sites (tertiary alicyclic amines) is 1. The van der Waals surface area contributed by atoms with Crippen LogP contribution in [0.5, 0.6) is 0 Å². The molecule has 2 aliphatic rings. The van der Waals surface area contributed by atoms with Crippen LogP contribution in [0.2, 0.25) is 0 Å². The summed E-state index contributed by atoms with van der Waals surface area (Å²) in [6.45, 7) is 6.12. The first-order valence-corrected chi connectivity index (χ1v) is 7.48. The maximum atomic E-state index is 12.5. The zero-order valence-corrected chi connectivity index (χ0v) is 12.7. The fourth-order valence-electron chi connectivity index (χ4n) is 2.75. The van der Waals surface area contributed by atoms with Crippen molar-refractivity contribution in [3.63, 3.8) is 0 Å². The number of amides is 2. The number of nitrogens with zero attached hydrogens (tertiary/aromatic N) is 2. The van der Waals surface area contributed by atoms with E-state index in [0.29, 0.717) is 39.1 Å². The van der Waals surface area contributed by atoms with Gasteiger partial charge in [-0.3, -0.25) is 0 Å². The third-order valence-corrected chi connectivity index (χ3v) is 4.01. The average Bonchev–Trinajstić information content (AvgIpc) is 2.47. The van der Waals surface area contributed by atoms with Crippen LogP contribution in [-0.4, -0.2) is 78.0 Å². The monoisotopic (exact) mass is 300 g/mol. The number of morpholine rings is 1. The summed E-state index contributed by atoms with van der Waals surface area (Å²) in [5, 5.41) is 8.60. The van der Waals surface area contributed by atoms with E-state index in [-0.39, 0.29) is 30.9 Å². The van der Waals surface area contributed by atoms with E-state index in [1.807, 2.05) is 23.6 Å². The van der Waals surface area contributed by atoms with Crippen molar-refractivity contribution in [1.29, 1.82) is 0 Å². The molecule has 2 aliphatic heterocycles. The molecular weight excluding hydrogens is 276 g/mol. The molecule has 7 nitrogen and oxygen atoms in total. The van der Waals surface area contributed by atoms with Crippen LogP contribution in [0.15, 0.2) is 0 Å². The van der Waals surface area contributed by atoms with E-state index in [2.05, 4.69) is 0 Å². The molecule has 0 bridgehead atoms. The molecule has 0 saturated carbocycles. The summed E-state index contributed by atoms with van der Waals surface area (Å²) in [6.07, 6.45) is 1.38. The topological polar surface area (TPSA) is 79.3 Å². The standard InChI is InChI=1S/C14H24N2O5/c1-10-8-20-11(2)7-16(10)14(19)15-5-3-12(4-6-15)21-9-13(17)18/h10-12H,3-9H2,1-2H3,(H,17,18). The molecule has 2 fully saturated rings. The Bertz CT molecular complexity index is 382. The number of rotatable bonds is 3. The number of carboxylic acid groups (broad SMARTS) is 1. The molecule has 2 saturated heterocycles. The first-order valence-electron chi connectivity index (χ1n) is 7.48. The fraction of sp³-hybridized carbons (Fsp3) is 0.857. The zero-order chi connectivity index (χ0) is 15.4. The van der Waals surface area contributed by atoms with E-state index in [1.54, 1.807) is 0 Å². The van der Waals surface area contributed by atoms with E-state index < -0.39 is 5.97 Å². The number of carbonyl (C=O) groups is 2. The van der Waals surface area contributed by atoms with Gasteiger partial charge in [0.25, 0.3) is 0 Å². The van der Waals surface area contributed by atoms with E-state index >= 15 is 0 Å². The van der Waals surface area contributed by atoms with Crippen LogP contribution >= 0.6 is 0 Å². The van der Waals surface area contributed by atoms with E-state index in [4.69, 9.17) is 14.6 Å². The van der Waals surface area contributed by atoms with Gasteiger partial charge in [0.2, 0.25) is 0 Å². The van der Waals surface area contributed by atoms with Gasteiger partial charge in [0.05, 0.1) is 24.9 Å². The van der Waals surface area contributed by atoms with Crippen molar-refractivity contribution in [2.24, 2.45) is 0 Å². The fourth-order valence-corrected chi connectivity index (χ4v) is 2.75. The summed E-state index contributed by atoms with van der Waals surface area (Å²) in [4.78, 5) is 26.7. The molecule has 2 amide bonds. The van der Waals surface area contributed by atoms with Crippen LogP contribution in [0.25, 0.3) is 0 Å². The molecule has 0 spiro atoms. The van der Waals surface area contributed by atoms with E-state index in [0.717, 1.165) is 0 Å². The van der Waals surface area contributed by atoms with Crippen molar-refractivity contribution >= 4 is 12.0 Å². The quantitative estimate of drug-likeness (QED) is 0.833. The van der Waals surface area contributed by atoms with Crippen molar-refractivity contribution in [3.8, 4) is 0 Å². The molecular formula is C14H24N2O5. The van der Waals surface area contributed by atoms with Crippen molar-refractivity contribution in [3.05, 3.63) is 0 Å². The third-order valence-electron chi connectivity index (χ3n) is 4.01. The molecule has 0 aliphatic carbocycles. The summed E-state index contributed by atoms with van der Waals surface area (Å²) in [6, 6.07) is 0.143. The second-order valence-electron chi connectivity index (χ2n) is 5.82. The first-order chi connectivity index (χ1) is 9.97. The molecule has 0 aromatic carbocycles. The Morgan fingerprint density at radius 2 is 1.95 bits per heavy atom. The lowest BCUT2D eigenvalue weighted by Crippen LogP contribution is -2.56.